The summed E-state index contributed by atoms with van der Waals surface area (Å²) in [4.78, 5) is 0. The Bertz CT molecular complexity index is 674. The van der Waals surface area contributed by atoms with Gasteiger partial charge in [0.15, 0.2) is 0 Å². The molecule has 1 atom stereocenters. The zero-order chi connectivity index (χ0) is 15.6. The lowest BCUT2D eigenvalue weighted by atomic mass is 10.0. The third-order valence-corrected chi connectivity index (χ3v) is 3.41. The first kappa shape index (κ1) is 15.8. The molecule has 0 radical (unpaired) electrons. The molecule has 8 heteroatoms. The van der Waals surface area contributed by atoms with Crippen molar-refractivity contribution in [3.63, 3.8) is 0 Å². The SMILES string of the molecule is O=S([O-])Nc1ccc(-c2ccc(C(F)(F)F)cc2)c(Cl)c1. The van der Waals surface area contributed by atoms with Gasteiger partial charge in [-0.15, -0.1) is 0 Å². The summed E-state index contributed by atoms with van der Waals surface area (Å²) in [5.41, 5.74) is 0.529. The van der Waals surface area contributed by atoms with E-state index in [4.69, 9.17) is 11.6 Å². The van der Waals surface area contributed by atoms with Crippen molar-refractivity contribution in [1.29, 1.82) is 0 Å². The fourth-order valence-electron chi connectivity index (χ4n) is 1.75. The molecule has 0 spiro atoms. The van der Waals surface area contributed by atoms with Crippen molar-refractivity contribution in [3.8, 4) is 11.1 Å². The molecular formula is C13H8ClF3NO2S-. The van der Waals surface area contributed by atoms with Gasteiger partial charge in [0.1, 0.15) is 0 Å². The van der Waals surface area contributed by atoms with E-state index in [9.17, 15) is 21.9 Å². The van der Waals surface area contributed by atoms with Crippen molar-refractivity contribution in [2.45, 2.75) is 6.18 Å². The maximum Gasteiger partial charge on any atom is 0.416 e. The van der Waals surface area contributed by atoms with E-state index in [1.54, 1.807) is 0 Å². The predicted octanol–water partition coefficient (Wildman–Crippen LogP) is 4.23. The maximum atomic E-state index is 12.5. The van der Waals surface area contributed by atoms with E-state index < -0.39 is 23.0 Å². The minimum absolute atomic E-state index is 0.227. The standard InChI is InChI=1S/C13H9ClF3NO2S/c14-12-7-10(18-21(19)20)5-6-11(12)8-1-3-9(4-2-8)13(15,16)17/h1-7,18H,(H,19,20)/p-1. The Balaban J connectivity index is 2.32. The highest BCUT2D eigenvalue weighted by atomic mass is 35.5. The van der Waals surface area contributed by atoms with Crippen LogP contribution in [0.4, 0.5) is 18.9 Å². The van der Waals surface area contributed by atoms with Crippen LogP contribution in [0.2, 0.25) is 5.02 Å². The molecule has 21 heavy (non-hydrogen) atoms. The van der Waals surface area contributed by atoms with E-state index in [-0.39, 0.29) is 10.7 Å². The molecule has 1 N–H and O–H groups in total. The summed E-state index contributed by atoms with van der Waals surface area (Å²) in [7, 11) is 0. The summed E-state index contributed by atoms with van der Waals surface area (Å²) >= 11 is 3.54. The molecule has 0 aromatic heterocycles. The number of halogens is 4. The minimum atomic E-state index is -4.39. The van der Waals surface area contributed by atoms with Crippen LogP contribution in [-0.4, -0.2) is 8.76 Å². The molecule has 2 aromatic carbocycles. The summed E-state index contributed by atoms with van der Waals surface area (Å²) in [6, 6.07) is 8.92. The zero-order valence-corrected chi connectivity index (χ0v) is 11.9. The van der Waals surface area contributed by atoms with Gasteiger partial charge >= 0.3 is 6.18 Å². The van der Waals surface area contributed by atoms with Crippen molar-refractivity contribution in [3.05, 3.63) is 53.1 Å². The fraction of sp³-hybridized carbons (Fsp3) is 0.0769. The Morgan fingerprint density at radius 2 is 1.71 bits per heavy atom. The Labute approximate surface area is 126 Å². The number of alkyl halides is 3. The molecule has 112 valence electrons. The molecule has 0 saturated carbocycles. The number of anilines is 1. The van der Waals surface area contributed by atoms with Crippen LogP contribution >= 0.6 is 11.6 Å². The summed E-state index contributed by atoms with van der Waals surface area (Å²) in [5, 5.41) is 0.227. The highest BCUT2D eigenvalue weighted by molar-refractivity contribution is 7.80. The molecule has 2 aromatic rings. The van der Waals surface area contributed by atoms with Gasteiger partial charge in [-0.25, -0.2) is 0 Å². The van der Waals surface area contributed by atoms with Crippen LogP contribution in [0.3, 0.4) is 0 Å². The highest BCUT2D eigenvalue weighted by Gasteiger charge is 2.30. The first-order chi connectivity index (χ1) is 9.77. The third kappa shape index (κ3) is 3.96. The Hall–Kier alpha value is -1.57. The lowest BCUT2D eigenvalue weighted by Crippen LogP contribution is -2.04. The van der Waals surface area contributed by atoms with E-state index in [1.165, 1.54) is 30.3 Å². The van der Waals surface area contributed by atoms with Crippen LogP contribution in [0.25, 0.3) is 11.1 Å². The zero-order valence-electron chi connectivity index (χ0n) is 10.3. The average molecular weight is 335 g/mol. The van der Waals surface area contributed by atoms with Crippen LogP contribution in [0.1, 0.15) is 5.56 Å². The molecule has 0 aliphatic rings. The van der Waals surface area contributed by atoms with Crippen molar-refractivity contribution >= 4 is 28.6 Å². The molecule has 0 heterocycles. The Morgan fingerprint density at radius 1 is 1.10 bits per heavy atom. The molecule has 0 amide bonds. The van der Waals surface area contributed by atoms with Gasteiger partial charge in [-0.3, -0.25) is 4.21 Å². The average Bonchev–Trinajstić information content (AvgIpc) is 2.37. The normalized spacial score (nSPS) is 13.0. The van der Waals surface area contributed by atoms with Crippen LogP contribution in [0.5, 0.6) is 0 Å². The van der Waals surface area contributed by atoms with Crippen LogP contribution < -0.4 is 4.72 Å². The van der Waals surface area contributed by atoms with Crippen molar-refractivity contribution in [2.24, 2.45) is 0 Å². The smallest absolute Gasteiger partial charge is 0.416 e. The van der Waals surface area contributed by atoms with Gasteiger partial charge in [-0.2, -0.15) is 13.2 Å². The van der Waals surface area contributed by atoms with E-state index in [0.717, 1.165) is 12.1 Å². The van der Waals surface area contributed by atoms with Crippen molar-refractivity contribution in [1.82, 2.24) is 0 Å². The lowest BCUT2D eigenvalue weighted by molar-refractivity contribution is -0.137. The van der Waals surface area contributed by atoms with Gasteiger partial charge in [-0.1, -0.05) is 29.8 Å². The monoisotopic (exact) mass is 334 g/mol. The third-order valence-electron chi connectivity index (χ3n) is 2.69. The molecule has 0 bridgehead atoms. The molecule has 2 rings (SSSR count). The van der Waals surface area contributed by atoms with Crippen LogP contribution in [0, 0.1) is 0 Å². The van der Waals surface area contributed by atoms with Crippen LogP contribution in [0.15, 0.2) is 42.5 Å². The van der Waals surface area contributed by atoms with E-state index in [2.05, 4.69) is 4.72 Å². The molecular weight excluding hydrogens is 327 g/mol. The van der Waals surface area contributed by atoms with Gasteiger partial charge in [0.25, 0.3) is 0 Å². The van der Waals surface area contributed by atoms with Gasteiger partial charge in [0, 0.05) is 22.5 Å². The second-order valence-electron chi connectivity index (χ2n) is 4.11. The van der Waals surface area contributed by atoms with Gasteiger partial charge < -0.3 is 9.27 Å². The molecule has 1 unspecified atom stereocenters. The summed E-state index contributed by atoms with van der Waals surface area (Å²) < 4.78 is 60.6. The topological polar surface area (TPSA) is 52.2 Å². The lowest BCUT2D eigenvalue weighted by Gasteiger charge is -2.12. The van der Waals surface area contributed by atoms with Gasteiger partial charge in [0.2, 0.25) is 0 Å². The molecule has 3 nitrogen and oxygen atoms in total. The van der Waals surface area contributed by atoms with E-state index in [1.807, 2.05) is 0 Å². The number of benzene rings is 2. The van der Waals surface area contributed by atoms with Gasteiger partial charge in [0.05, 0.1) is 10.6 Å². The van der Waals surface area contributed by atoms with Crippen molar-refractivity contribution in [2.75, 3.05) is 4.72 Å². The molecule has 0 aliphatic heterocycles. The summed E-state index contributed by atoms with van der Waals surface area (Å²) in [6.07, 6.45) is -4.39. The van der Waals surface area contributed by atoms with E-state index in [0.29, 0.717) is 11.1 Å². The molecule has 0 saturated heterocycles. The largest absolute Gasteiger partial charge is 0.755 e. The fourth-order valence-corrected chi connectivity index (χ4v) is 2.36. The second kappa shape index (κ2) is 6.05. The number of hydrogen-bond acceptors (Lipinski definition) is 2. The quantitative estimate of drug-likeness (QED) is 0.854. The first-order valence-corrected chi connectivity index (χ1v) is 7.06. The van der Waals surface area contributed by atoms with Crippen molar-refractivity contribution < 1.29 is 21.9 Å². The summed E-state index contributed by atoms with van der Waals surface area (Å²) in [6.45, 7) is 0. The molecule has 0 aliphatic carbocycles. The number of rotatable bonds is 3. The minimum Gasteiger partial charge on any atom is -0.755 e. The maximum absolute atomic E-state index is 12.5. The first-order valence-electron chi connectivity index (χ1n) is 5.60. The van der Waals surface area contributed by atoms with Gasteiger partial charge in [-0.05, 0) is 29.8 Å². The number of hydrogen-bond donors (Lipinski definition) is 1. The Morgan fingerprint density at radius 3 is 2.19 bits per heavy atom. The summed E-state index contributed by atoms with van der Waals surface area (Å²) in [5.74, 6) is 0. The predicted molar refractivity (Wildman–Crippen MR) is 74.4 cm³/mol. The second-order valence-corrected chi connectivity index (χ2v) is 5.19. The Kier molecular flexibility index (Phi) is 4.55. The van der Waals surface area contributed by atoms with E-state index >= 15 is 0 Å². The number of nitrogens with one attached hydrogen (secondary N) is 1. The van der Waals surface area contributed by atoms with Crippen LogP contribution in [-0.2, 0) is 17.4 Å². The highest BCUT2D eigenvalue weighted by Crippen LogP contribution is 2.34. The molecule has 0 fully saturated rings.